The van der Waals surface area contributed by atoms with Crippen LogP contribution in [0.4, 0.5) is 0 Å². The Morgan fingerprint density at radius 1 is 1.22 bits per heavy atom. The minimum absolute atomic E-state index is 0.148. The highest BCUT2D eigenvalue weighted by Crippen LogP contribution is 2.32. The van der Waals surface area contributed by atoms with Crippen LogP contribution in [-0.2, 0) is 6.54 Å². The number of thiazole rings is 1. The second-order valence-electron chi connectivity index (χ2n) is 5.60. The number of rotatable bonds is 3. The molecule has 0 aliphatic carbocycles. The largest absolute Gasteiger partial charge is 0.307 e. The van der Waals surface area contributed by atoms with Gasteiger partial charge in [-0.1, -0.05) is 0 Å². The number of aryl methyl sites for hydroxylation is 2. The standard InChI is InChI=1S/C14H20N2S2/c1-9-7-17-8-11(9)13-16-10(2)12(18-13)6-15-14(3,4)5/h7-8,15H,6H2,1-5H3. The maximum Gasteiger partial charge on any atom is 0.125 e. The first-order valence-electron chi connectivity index (χ1n) is 6.11. The third kappa shape index (κ3) is 3.19. The summed E-state index contributed by atoms with van der Waals surface area (Å²) in [6.45, 7) is 11.7. The lowest BCUT2D eigenvalue weighted by atomic mass is 10.1. The molecule has 1 N–H and O–H groups in total. The van der Waals surface area contributed by atoms with Gasteiger partial charge in [0, 0.05) is 27.9 Å². The van der Waals surface area contributed by atoms with Crippen molar-refractivity contribution in [2.24, 2.45) is 0 Å². The van der Waals surface area contributed by atoms with Crippen LogP contribution in [0, 0.1) is 13.8 Å². The highest BCUT2D eigenvalue weighted by atomic mass is 32.1. The Morgan fingerprint density at radius 3 is 2.50 bits per heavy atom. The molecule has 2 heterocycles. The zero-order valence-electron chi connectivity index (χ0n) is 11.6. The van der Waals surface area contributed by atoms with Crippen molar-refractivity contribution in [3.05, 3.63) is 26.9 Å². The van der Waals surface area contributed by atoms with Gasteiger partial charge in [-0.05, 0) is 45.6 Å². The smallest absolute Gasteiger partial charge is 0.125 e. The van der Waals surface area contributed by atoms with E-state index in [1.165, 1.54) is 16.0 Å². The summed E-state index contributed by atoms with van der Waals surface area (Å²) in [6.07, 6.45) is 0. The van der Waals surface area contributed by atoms with Crippen LogP contribution in [0.25, 0.3) is 10.6 Å². The van der Waals surface area contributed by atoms with Gasteiger partial charge in [-0.3, -0.25) is 0 Å². The molecule has 0 fully saturated rings. The monoisotopic (exact) mass is 280 g/mol. The average Bonchev–Trinajstić information content (AvgIpc) is 2.81. The van der Waals surface area contributed by atoms with Crippen molar-refractivity contribution in [1.29, 1.82) is 0 Å². The van der Waals surface area contributed by atoms with Gasteiger partial charge >= 0.3 is 0 Å². The summed E-state index contributed by atoms with van der Waals surface area (Å²) < 4.78 is 0. The number of hydrogen-bond donors (Lipinski definition) is 1. The number of nitrogens with zero attached hydrogens (tertiary/aromatic N) is 1. The summed E-state index contributed by atoms with van der Waals surface area (Å²) in [7, 11) is 0. The zero-order chi connectivity index (χ0) is 13.3. The molecular formula is C14H20N2S2. The van der Waals surface area contributed by atoms with Gasteiger partial charge in [0.15, 0.2) is 0 Å². The summed E-state index contributed by atoms with van der Waals surface area (Å²) in [5.41, 5.74) is 3.91. The molecule has 2 aromatic heterocycles. The number of aromatic nitrogens is 1. The topological polar surface area (TPSA) is 24.9 Å². The Bertz CT molecular complexity index is 532. The van der Waals surface area contributed by atoms with Crippen LogP contribution >= 0.6 is 22.7 Å². The van der Waals surface area contributed by atoms with Gasteiger partial charge in [-0.15, -0.1) is 11.3 Å². The first-order chi connectivity index (χ1) is 8.37. The molecule has 98 valence electrons. The van der Waals surface area contributed by atoms with Crippen molar-refractivity contribution < 1.29 is 0 Å². The van der Waals surface area contributed by atoms with Crippen LogP contribution in [0.5, 0.6) is 0 Å². The van der Waals surface area contributed by atoms with Gasteiger partial charge in [0.1, 0.15) is 5.01 Å². The third-order valence-electron chi connectivity index (χ3n) is 2.76. The Hall–Kier alpha value is -0.710. The average molecular weight is 280 g/mol. The second-order valence-corrected chi connectivity index (χ2v) is 7.43. The fourth-order valence-corrected chi connectivity index (χ4v) is 3.62. The zero-order valence-corrected chi connectivity index (χ0v) is 13.3. The number of thiophene rings is 1. The highest BCUT2D eigenvalue weighted by Gasteiger charge is 2.14. The molecule has 0 radical (unpaired) electrons. The molecule has 0 saturated heterocycles. The van der Waals surface area contributed by atoms with Gasteiger partial charge in [0.25, 0.3) is 0 Å². The molecule has 0 aliphatic rings. The Kier molecular flexibility index (Phi) is 3.90. The fraction of sp³-hybridized carbons (Fsp3) is 0.500. The molecule has 18 heavy (non-hydrogen) atoms. The molecule has 2 nitrogen and oxygen atoms in total. The molecule has 0 aliphatic heterocycles. The van der Waals surface area contributed by atoms with Crippen molar-refractivity contribution in [2.75, 3.05) is 0 Å². The molecular weight excluding hydrogens is 260 g/mol. The maximum atomic E-state index is 4.70. The summed E-state index contributed by atoms with van der Waals surface area (Å²) >= 11 is 3.55. The van der Waals surface area contributed by atoms with Crippen LogP contribution in [-0.4, -0.2) is 10.5 Å². The van der Waals surface area contributed by atoms with E-state index in [1.54, 1.807) is 22.7 Å². The first-order valence-corrected chi connectivity index (χ1v) is 7.87. The van der Waals surface area contributed by atoms with E-state index in [-0.39, 0.29) is 5.54 Å². The van der Waals surface area contributed by atoms with E-state index in [9.17, 15) is 0 Å². The van der Waals surface area contributed by atoms with E-state index < -0.39 is 0 Å². The quantitative estimate of drug-likeness (QED) is 0.902. The molecule has 0 unspecified atom stereocenters. The second kappa shape index (κ2) is 5.11. The van der Waals surface area contributed by atoms with Gasteiger partial charge in [0.05, 0.1) is 5.69 Å². The van der Waals surface area contributed by atoms with Crippen LogP contribution in [0.2, 0.25) is 0 Å². The summed E-state index contributed by atoms with van der Waals surface area (Å²) in [5.74, 6) is 0. The minimum Gasteiger partial charge on any atom is -0.307 e. The lowest BCUT2D eigenvalue weighted by Crippen LogP contribution is -2.34. The maximum absolute atomic E-state index is 4.70. The summed E-state index contributed by atoms with van der Waals surface area (Å²) in [5, 5.41) is 9.04. The lowest BCUT2D eigenvalue weighted by Gasteiger charge is -2.19. The van der Waals surface area contributed by atoms with Crippen LogP contribution < -0.4 is 5.32 Å². The molecule has 0 spiro atoms. The summed E-state index contributed by atoms with van der Waals surface area (Å²) in [6, 6.07) is 0. The lowest BCUT2D eigenvalue weighted by molar-refractivity contribution is 0.425. The van der Waals surface area contributed by atoms with Gasteiger partial charge in [-0.2, -0.15) is 11.3 Å². The molecule has 2 aromatic rings. The number of nitrogens with one attached hydrogen (secondary N) is 1. The molecule has 0 atom stereocenters. The van der Waals surface area contributed by atoms with Crippen molar-refractivity contribution >= 4 is 22.7 Å². The third-order valence-corrected chi connectivity index (χ3v) is 4.81. The van der Waals surface area contributed by atoms with Crippen molar-refractivity contribution in [1.82, 2.24) is 10.3 Å². The highest BCUT2D eigenvalue weighted by molar-refractivity contribution is 7.15. The van der Waals surface area contributed by atoms with Gasteiger partial charge < -0.3 is 5.32 Å². The molecule has 0 amide bonds. The minimum atomic E-state index is 0.148. The van der Waals surface area contributed by atoms with Crippen molar-refractivity contribution in [3.8, 4) is 10.6 Å². The van der Waals surface area contributed by atoms with Crippen LogP contribution in [0.15, 0.2) is 10.8 Å². The van der Waals surface area contributed by atoms with Gasteiger partial charge in [-0.25, -0.2) is 4.98 Å². The van der Waals surface area contributed by atoms with E-state index in [0.29, 0.717) is 0 Å². The van der Waals surface area contributed by atoms with Crippen molar-refractivity contribution in [3.63, 3.8) is 0 Å². The predicted molar refractivity (Wildman–Crippen MR) is 81.5 cm³/mol. The molecule has 2 rings (SSSR count). The van der Waals surface area contributed by atoms with Gasteiger partial charge in [0.2, 0.25) is 0 Å². The fourth-order valence-electron chi connectivity index (χ4n) is 1.63. The molecule has 4 heteroatoms. The molecule has 0 bridgehead atoms. The molecule has 0 aromatic carbocycles. The SMILES string of the molecule is Cc1cscc1-c1nc(C)c(CNC(C)(C)C)s1. The Morgan fingerprint density at radius 2 is 1.94 bits per heavy atom. The normalized spacial score (nSPS) is 12.1. The van der Waals surface area contributed by atoms with Crippen LogP contribution in [0.3, 0.4) is 0 Å². The number of hydrogen-bond acceptors (Lipinski definition) is 4. The predicted octanol–water partition coefficient (Wildman–Crippen LogP) is 4.38. The Labute approximate surface area is 117 Å². The van der Waals surface area contributed by atoms with Crippen LogP contribution in [0.1, 0.15) is 36.9 Å². The van der Waals surface area contributed by atoms with E-state index in [1.807, 2.05) is 0 Å². The molecule has 0 saturated carbocycles. The summed E-state index contributed by atoms with van der Waals surface area (Å²) in [4.78, 5) is 6.04. The van der Waals surface area contributed by atoms with E-state index in [0.717, 1.165) is 17.2 Å². The van der Waals surface area contributed by atoms with E-state index in [2.05, 4.69) is 50.7 Å². The van der Waals surface area contributed by atoms with Crippen molar-refractivity contribution in [2.45, 2.75) is 46.7 Å². The Balaban J connectivity index is 2.20. The first kappa shape index (κ1) is 13.7. The van der Waals surface area contributed by atoms with E-state index in [4.69, 9.17) is 4.98 Å². The van der Waals surface area contributed by atoms with E-state index >= 15 is 0 Å².